The van der Waals surface area contributed by atoms with Gasteiger partial charge in [0.2, 0.25) is 0 Å². The Hall–Kier alpha value is -1.93. The SMILES string of the molecule is CO[C@]1(C)C[C@@H](C)CN(C)[C@H](C2CN(Cc3ccn(C)n3)C2)COC(=O)C(C)(C)C(=O)[C@H](C)[C@H]1O[C@@H]1O[C@H](C)C[C@H](N(C)C)[C@H]1O. The third-order valence-corrected chi connectivity index (χ3v) is 10.6. The van der Waals surface area contributed by atoms with Crippen molar-refractivity contribution in [3.05, 3.63) is 18.0 Å². The number of ether oxygens (including phenoxy) is 4. The van der Waals surface area contributed by atoms with Crippen molar-refractivity contribution in [2.24, 2.45) is 30.2 Å². The van der Waals surface area contributed by atoms with Crippen LogP contribution in [0.15, 0.2) is 12.3 Å². The van der Waals surface area contributed by atoms with Crippen LogP contribution >= 0.6 is 0 Å². The fourth-order valence-electron chi connectivity index (χ4n) is 7.82. The number of carbonyl (C=O) groups excluding carboxylic acids is 2. The molecule has 3 aliphatic heterocycles. The summed E-state index contributed by atoms with van der Waals surface area (Å²) in [5, 5.41) is 15.8. The molecule has 0 bridgehead atoms. The maximum absolute atomic E-state index is 14.2. The van der Waals surface area contributed by atoms with E-state index in [0.717, 1.165) is 31.9 Å². The molecule has 0 spiro atoms. The van der Waals surface area contributed by atoms with Crippen molar-refractivity contribution in [1.82, 2.24) is 24.5 Å². The minimum Gasteiger partial charge on any atom is -0.463 e. The summed E-state index contributed by atoms with van der Waals surface area (Å²) in [5.41, 5.74) is -1.31. The summed E-state index contributed by atoms with van der Waals surface area (Å²) in [6, 6.07) is 1.85. The van der Waals surface area contributed by atoms with Crippen LogP contribution in [0.1, 0.15) is 60.1 Å². The Morgan fingerprint density at radius 1 is 1.11 bits per heavy atom. The smallest absolute Gasteiger partial charge is 0.319 e. The number of methoxy groups -OCH3 is 1. The summed E-state index contributed by atoms with van der Waals surface area (Å²) >= 11 is 0. The molecule has 0 radical (unpaired) electrons. The Bertz CT molecular complexity index is 1190. The molecule has 0 amide bonds. The molecule has 1 N–H and O–H groups in total. The second-order valence-corrected chi connectivity index (χ2v) is 15.3. The van der Waals surface area contributed by atoms with Crippen LogP contribution < -0.4 is 0 Å². The number of aromatic nitrogens is 2. The van der Waals surface area contributed by atoms with Gasteiger partial charge in [-0.1, -0.05) is 13.8 Å². The summed E-state index contributed by atoms with van der Waals surface area (Å²) in [4.78, 5) is 34.5. The number of aliphatic hydroxyl groups excluding tert-OH is 1. The van der Waals surface area contributed by atoms with E-state index in [1.807, 2.05) is 56.8 Å². The van der Waals surface area contributed by atoms with Gasteiger partial charge in [-0.15, -0.1) is 0 Å². The van der Waals surface area contributed by atoms with E-state index in [-0.39, 0.29) is 36.5 Å². The highest BCUT2D eigenvalue weighted by Gasteiger charge is 2.52. The number of hydrogen-bond acceptors (Lipinski definition) is 11. The monoisotopic (exact) mass is 649 g/mol. The van der Waals surface area contributed by atoms with Gasteiger partial charge in [-0.3, -0.25) is 24.1 Å². The van der Waals surface area contributed by atoms with Crippen molar-refractivity contribution < 1.29 is 33.6 Å². The van der Waals surface area contributed by atoms with Gasteiger partial charge in [0.1, 0.15) is 18.1 Å². The number of rotatable bonds is 7. The molecule has 12 nitrogen and oxygen atoms in total. The Morgan fingerprint density at radius 3 is 2.37 bits per heavy atom. The lowest BCUT2D eigenvalue weighted by molar-refractivity contribution is -0.295. The normalized spacial score (nSPS) is 37.7. The van der Waals surface area contributed by atoms with E-state index in [4.69, 9.17) is 18.9 Å². The second kappa shape index (κ2) is 14.7. The zero-order valence-electron chi connectivity index (χ0n) is 29.9. The fraction of sp³-hybridized carbons (Fsp3) is 0.853. The number of hydrogen-bond donors (Lipinski definition) is 1. The van der Waals surface area contributed by atoms with Crippen LogP contribution in [-0.2, 0) is 42.1 Å². The summed E-state index contributed by atoms with van der Waals surface area (Å²) in [6.45, 7) is 14.6. The summed E-state index contributed by atoms with van der Waals surface area (Å²) in [7, 11) is 9.49. The van der Waals surface area contributed by atoms with E-state index in [1.165, 1.54) is 0 Å². The highest BCUT2D eigenvalue weighted by Crippen LogP contribution is 2.38. The first kappa shape index (κ1) is 36.9. The maximum atomic E-state index is 14.2. The molecule has 12 heteroatoms. The van der Waals surface area contributed by atoms with E-state index in [9.17, 15) is 14.7 Å². The molecular weight excluding hydrogens is 590 g/mol. The molecule has 1 aromatic heterocycles. The first-order valence-corrected chi connectivity index (χ1v) is 16.8. The van der Waals surface area contributed by atoms with Gasteiger partial charge in [0.15, 0.2) is 12.1 Å². The third-order valence-electron chi connectivity index (χ3n) is 10.6. The van der Waals surface area contributed by atoms with Gasteiger partial charge in [-0.2, -0.15) is 5.10 Å². The first-order chi connectivity index (χ1) is 21.5. The molecule has 3 saturated heterocycles. The molecule has 0 unspecified atom stereocenters. The number of cyclic esters (lactones) is 1. The predicted octanol–water partition coefficient (Wildman–Crippen LogP) is 2.18. The Morgan fingerprint density at radius 2 is 1.78 bits per heavy atom. The average molecular weight is 650 g/mol. The molecule has 0 aliphatic carbocycles. The highest BCUT2D eigenvalue weighted by atomic mass is 16.7. The molecule has 262 valence electrons. The Balaban J connectivity index is 1.59. The van der Waals surface area contributed by atoms with Crippen molar-refractivity contribution in [3.63, 3.8) is 0 Å². The van der Waals surface area contributed by atoms with Crippen LogP contribution in [0.2, 0.25) is 0 Å². The number of Topliss-reactive ketones (excluding diaryl/α,β-unsaturated/α-hetero) is 1. The molecular formula is C34H59N5O7. The van der Waals surface area contributed by atoms with E-state index in [2.05, 4.69) is 28.9 Å². The standard InChI is InChI=1S/C34H59N5O7/c1-21-15-34(6,43-11)30(46-31-28(40)26(36(7)8)14-22(2)45-31)23(3)29(41)33(4,5)32(42)44-20-27(37(9)16-21)24-17-39(18-24)19-25-12-13-38(10)35-25/h12-13,21-24,26-28,30-31,40H,14-20H2,1-11H3/t21-,22-,23+,26+,27+,28-,30-,31+,34-/m1/s1. The van der Waals surface area contributed by atoms with Crippen LogP contribution in [0.4, 0.5) is 0 Å². The van der Waals surface area contributed by atoms with Crippen LogP contribution in [0.3, 0.4) is 0 Å². The number of carbonyl (C=O) groups is 2. The largest absolute Gasteiger partial charge is 0.463 e. The molecule has 3 aliphatic rings. The number of aryl methyl sites for hydroxylation is 1. The van der Waals surface area contributed by atoms with Crippen LogP contribution in [-0.4, -0.2) is 138 Å². The maximum Gasteiger partial charge on any atom is 0.319 e. The van der Waals surface area contributed by atoms with Gasteiger partial charge in [0.25, 0.3) is 0 Å². The zero-order valence-corrected chi connectivity index (χ0v) is 29.9. The van der Waals surface area contributed by atoms with Gasteiger partial charge < -0.3 is 29.0 Å². The average Bonchev–Trinajstić information content (AvgIpc) is 3.38. The number of aliphatic hydroxyl groups is 1. The molecule has 4 rings (SSSR count). The van der Waals surface area contributed by atoms with Crippen molar-refractivity contribution in [3.8, 4) is 0 Å². The van der Waals surface area contributed by atoms with Crippen molar-refractivity contribution in [2.45, 2.75) is 103 Å². The van der Waals surface area contributed by atoms with Crippen molar-refractivity contribution in [2.75, 3.05) is 54.5 Å². The summed E-state index contributed by atoms with van der Waals surface area (Å²) < 4.78 is 26.8. The lowest BCUT2D eigenvalue weighted by atomic mass is 9.74. The second-order valence-electron chi connectivity index (χ2n) is 15.3. The van der Waals surface area contributed by atoms with Crippen LogP contribution in [0, 0.1) is 23.2 Å². The summed E-state index contributed by atoms with van der Waals surface area (Å²) in [6.07, 6.45) is 0.339. The van der Waals surface area contributed by atoms with Gasteiger partial charge in [0, 0.05) is 70.5 Å². The lowest BCUT2D eigenvalue weighted by Gasteiger charge is -2.47. The number of nitrogens with zero attached hydrogens (tertiary/aromatic N) is 5. The molecule has 4 heterocycles. The number of likely N-dealkylation sites (N-methyl/N-ethyl adjacent to an activating group) is 2. The van der Waals surface area contributed by atoms with E-state index < -0.39 is 41.4 Å². The van der Waals surface area contributed by atoms with Gasteiger partial charge in [-0.25, -0.2) is 0 Å². The molecule has 0 saturated carbocycles. The molecule has 3 fully saturated rings. The lowest BCUT2D eigenvalue weighted by Crippen LogP contribution is -2.59. The molecule has 0 aromatic carbocycles. The predicted molar refractivity (Wildman–Crippen MR) is 174 cm³/mol. The van der Waals surface area contributed by atoms with Gasteiger partial charge in [0.05, 0.1) is 23.5 Å². The van der Waals surface area contributed by atoms with E-state index in [1.54, 1.807) is 27.9 Å². The van der Waals surface area contributed by atoms with Gasteiger partial charge in [-0.05, 0) is 73.7 Å². The quantitative estimate of drug-likeness (QED) is 0.346. The van der Waals surface area contributed by atoms with Crippen LogP contribution in [0.5, 0.6) is 0 Å². The highest BCUT2D eigenvalue weighted by molar-refractivity contribution is 6.04. The van der Waals surface area contributed by atoms with Crippen LogP contribution in [0.25, 0.3) is 0 Å². The third kappa shape index (κ3) is 8.02. The van der Waals surface area contributed by atoms with E-state index >= 15 is 0 Å². The molecule has 46 heavy (non-hydrogen) atoms. The van der Waals surface area contributed by atoms with Crippen molar-refractivity contribution >= 4 is 11.8 Å². The number of likely N-dealkylation sites (tertiary alicyclic amines) is 1. The number of esters is 1. The minimum atomic E-state index is -1.42. The Labute approximate surface area is 275 Å². The number of ketones is 1. The minimum absolute atomic E-state index is 0.00782. The Kier molecular flexibility index (Phi) is 11.8. The fourth-order valence-corrected chi connectivity index (χ4v) is 7.82. The summed E-state index contributed by atoms with van der Waals surface area (Å²) in [5.74, 6) is -1.15. The molecule has 9 atom stereocenters. The first-order valence-electron chi connectivity index (χ1n) is 16.8. The zero-order chi connectivity index (χ0) is 34.1. The van der Waals surface area contributed by atoms with Crippen molar-refractivity contribution in [1.29, 1.82) is 0 Å². The van der Waals surface area contributed by atoms with E-state index in [0.29, 0.717) is 18.8 Å². The van der Waals surface area contributed by atoms with Gasteiger partial charge >= 0.3 is 5.97 Å². The molecule has 1 aromatic rings. The topological polar surface area (TPSA) is 119 Å².